The van der Waals surface area contributed by atoms with Gasteiger partial charge in [0.2, 0.25) is 0 Å². The summed E-state index contributed by atoms with van der Waals surface area (Å²) >= 11 is 0. The highest BCUT2D eigenvalue weighted by Crippen LogP contribution is 2.38. The summed E-state index contributed by atoms with van der Waals surface area (Å²) in [5.74, 6) is 1.25. The molecule has 0 aromatic heterocycles. The van der Waals surface area contributed by atoms with E-state index in [-0.39, 0.29) is 16.1 Å². The van der Waals surface area contributed by atoms with Gasteiger partial charge < -0.3 is 29.6 Å². The van der Waals surface area contributed by atoms with Crippen LogP contribution < -0.4 is 15.4 Å². The van der Waals surface area contributed by atoms with E-state index in [1.807, 2.05) is 12.1 Å². The first-order chi connectivity index (χ1) is 17.6. The number of hydrogen-bond donors (Lipinski definition) is 2. The van der Waals surface area contributed by atoms with Gasteiger partial charge in [0.15, 0.2) is 0 Å². The molecule has 1 rings (SSSR count). The molecule has 0 radical (unpaired) electrons. The monoisotopic (exact) mass is 558 g/mol. The average molecular weight is 559 g/mol. The predicted octanol–water partition coefficient (Wildman–Crippen LogP) is 5.79. The van der Waals surface area contributed by atoms with Gasteiger partial charge in [0, 0.05) is 36.0 Å². The molecule has 0 spiro atoms. The second kappa shape index (κ2) is 20.0. The lowest BCUT2D eigenvalue weighted by Crippen LogP contribution is -2.34. The van der Waals surface area contributed by atoms with Gasteiger partial charge in [-0.05, 0) is 37.0 Å². The van der Waals surface area contributed by atoms with Crippen LogP contribution in [0.1, 0.15) is 71.7 Å². The number of hydrogen-bond acceptors (Lipinski definition) is 8. The van der Waals surface area contributed by atoms with Crippen molar-refractivity contribution in [2.45, 2.75) is 77.5 Å². The summed E-state index contributed by atoms with van der Waals surface area (Å²) < 4.78 is 23.4. The van der Waals surface area contributed by atoms with E-state index in [2.05, 4.69) is 59.1 Å². The summed E-state index contributed by atoms with van der Waals surface area (Å²) in [4.78, 5) is 12.5. The lowest BCUT2D eigenvalue weighted by atomic mass is 10.1. The molecule has 1 aromatic carbocycles. The molecule has 37 heavy (non-hydrogen) atoms. The summed E-state index contributed by atoms with van der Waals surface area (Å²) in [6.07, 6.45) is 2.28. The van der Waals surface area contributed by atoms with Gasteiger partial charge in [0.25, 0.3) is 5.91 Å². The molecule has 1 amide bonds. The molecule has 0 saturated heterocycles. The molecule has 1 aromatic rings. The molecule has 9 heteroatoms. The third-order valence-corrected chi connectivity index (χ3v) is 8.34. The topological polar surface area (TPSA) is 78.0 Å². The average Bonchev–Trinajstić information content (AvgIpc) is 2.83. The SMILES string of the molecule is CC(C)CCCOCCOCCOC(COc1cccc(C(=O)NCCNC(C)C)c1)SSC(C)(C)C. The number of nitrogens with one attached hydrogen (secondary N) is 2. The van der Waals surface area contributed by atoms with Crippen molar-refractivity contribution >= 4 is 27.5 Å². The van der Waals surface area contributed by atoms with Gasteiger partial charge in [-0.25, -0.2) is 0 Å². The second-order valence-electron chi connectivity index (χ2n) is 10.6. The maximum atomic E-state index is 12.5. The highest BCUT2D eigenvalue weighted by atomic mass is 33.1. The Balaban J connectivity index is 2.41. The number of amides is 1. The Kier molecular flexibility index (Phi) is 18.4. The molecule has 0 bridgehead atoms. The Bertz CT molecular complexity index is 729. The van der Waals surface area contributed by atoms with E-state index in [0.717, 1.165) is 19.6 Å². The van der Waals surface area contributed by atoms with Crippen LogP contribution in [0.2, 0.25) is 0 Å². The zero-order valence-corrected chi connectivity index (χ0v) is 25.6. The Morgan fingerprint density at radius 3 is 2.35 bits per heavy atom. The van der Waals surface area contributed by atoms with E-state index in [4.69, 9.17) is 18.9 Å². The molecule has 0 aliphatic heterocycles. The van der Waals surface area contributed by atoms with Gasteiger partial charge in [-0.3, -0.25) is 4.79 Å². The van der Waals surface area contributed by atoms with Crippen molar-refractivity contribution in [1.82, 2.24) is 10.6 Å². The van der Waals surface area contributed by atoms with Crippen LogP contribution in [0.3, 0.4) is 0 Å². The Hall–Kier alpha value is -0.970. The van der Waals surface area contributed by atoms with Crippen molar-refractivity contribution in [1.29, 1.82) is 0 Å². The van der Waals surface area contributed by atoms with Gasteiger partial charge in [-0.15, -0.1) is 0 Å². The van der Waals surface area contributed by atoms with Crippen LogP contribution in [0, 0.1) is 5.92 Å². The number of carbonyl (C=O) groups is 1. The summed E-state index contributed by atoms with van der Waals surface area (Å²) in [5.41, 5.74) is 0.413. The van der Waals surface area contributed by atoms with Crippen LogP contribution >= 0.6 is 21.6 Å². The predicted molar refractivity (Wildman–Crippen MR) is 158 cm³/mol. The molecule has 0 aliphatic rings. The highest BCUT2D eigenvalue weighted by Gasteiger charge is 2.18. The summed E-state index contributed by atoms with van der Waals surface area (Å²) in [7, 11) is 3.42. The third kappa shape index (κ3) is 19.7. The zero-order valence-electron chi connectivity index (χ0n) is 24.0. The van der Waals surface area contributed by atoms with Crippen LogP contribution in [0.5, 0.6) is 5.75 Å². The lowest BCUT2D eigenvalue weighted by molar-refractivity contribution is 0.00107. The fraction of sp³-hybridized carbons (Fsp3) is 0.750. The third-order valence-electron chi connectivity index (χ3n) is 4.82. The van der Waals surface area contributed by atoms with Crippen molar-refractivity contribution < 1.29 is 23.7 Å². The van der Waals surface area contributed by atoms with E-state index in [1.165, 1.54) is 6.42 Å². The second-order valence-corrected chi connectivity index (χ2v) is 13.7. The van der Waals surface area contributed by atoms with Crippen molar-refractivity contribution in [3.05, 3.63) is 29.8 Å². The van der Waals surface area contributed by atoms with Crippen molar-refractivity contribution in [2.75, 3.05) is 52.7 Å². The van der Waals surface area contributed by atoms with E-state index in [9.17, 15) is 4.79 Å². The van der Waals surface area contributed by atoms with Crippen LogP contribution in [0.25, 0.3) is 0 Å². The molecule has 0 saturated carbocycles. The lowest BCUT2D eigenvalue weighted by Gasteiger charge is -2.22. The van der Waals surface area contributed by atoms with Gasteiger partial charge in [0.1, 0.15) is 17.8 Å². The molecule has 0 aliphatic carbocycles. The fourth-order valence-electron chi connectivity index (χ4n) is 2.99. The first kappa shape index (κ1) is 34.1. The van der Waals surface area contributed by atoms with Gasteiger partial charge >= 0.3 is 0 Å². The minimum atomic E-state index is -0.167. The molecule has 0 heterocycles. The van der Waals surface area contributed by atoms with E-state index < -0.39 is 0 Å². The Morgan fingerprint density at radius 1 is 0.973 bits per heavy atom. The van der Waals surface area contributed by atoms with Gasteiger partial charge in [-0.2, -0.15) is 0 Å². The number of carbonyl (C=O) groups excluding carboxylic acids is 1. The molecule has 1 unspecified atom stereocenters. The Morgan fingerprint density at radius 2 is 1.68 bits per heavy atom. The van der Waals surface area contributed by atoms with Crippen molar-refractivity contribution in [3.63, 3.8) is 0 Å². The Labute approximate surface area is 233 Å². The quantitative estimate of drug-likeness (QED) is 0.112. The standard InChI is InChI=1S/C28H50N2O5S2/c1-22(2)10-9-15-32-16-17-33-18-19-34-26(36-37-28(5,6)7)21-35-25-12-8-11-24(20-25)27(31)30-14-13-29-23(3)4/h8,11-12,20,22-23,26,29H,9-10,13-19,21H2,1-7H3,(H,30,31). The van der Waals surface area contributed by atoms with Crippen LogP contribution in [-0.2, 0) is 14.2 Å². The first-order valence-electron chi connectivity index (χ1n) is 13.4. The van der Waals surface area contributed by atoms with Crippen molar-refractivity contribution in [3.8, 4) is 5.75 Å². The smallest absolute Gasteiger partial charge is 0.251 e. The first-order valence-corrected chi connectivity index (χ1v) is 15.6. The molecule has 214 valence electrons. The number of benzene rings is 1. The van der Waals surface area contributed by atoms with Gasteiger partial charge in [-0.1, -0.05) is 76.1 Å². The van der Waals surface area contributed by atoms with E-state index in [0.29, 0.717) is 62.9 Å². The molecule has 1 atom stereocenters. The maximum Gasteiger partial charge on any atom is 0.251 e. The van der Waals surface area contributed by atoms with E-state index in [1.54, 1.807) is 33.7 Å². The largest absolute Gasteiger partial charge is 0.490 e. The molecular formula is C28H50N2O5S2. The fourth-order valence-corrected chi connectivity index (χ4v) is 5.18. The molecule has 7 nitrogen and oxygen atoms in total. The number of ether oxygens (including phenoxy) is 4. The summed E-state index contributed by atoms with van der Waals surface area (Å²) in [6.45, 7) is 19.8. The number of rotatable bonds is 21. The van der Waals surface area contributed by atoms with Gasteiger partial charge in [0.05, 0.1) is 26.4 Å². The van der Waals surface area contributed by atoms with Crippen molar-refractivity contribution in [2.24, 2.45) is 5.92 Å². The van der Waals surface area contributed by atoms with E-state index >= 15 is 0 Å². The van der Waals surface area contributed by atoms with Crippen LogP contribution in [0.4, 0.5) is 0 Å². The maximum absolute atomic E-state index is 12.5. The van der Waals surface area contributed by atoms with Crippen LogP contribution in [0.15, 0.2) is 24.3 Å². The molecule has 2 N–H and O–H groups in total. The normalized spacial score (nSPS) is 12.8. The molecular weight excluding hydrogens is 508 g/mol. The summed E-state index contributed by atoms with van der Waals surface area (Å²) in [5, 5.41) is 6.22. The minimum absolute atomic E-state index is 0.0954. The molecule has 0 fully saturated rings. The summed E-state index contributed by atoms with van der Waals surface area (Å²) in [6, 6.07) is 7.65. The van der Waals surface area contributed by atoms with Crippen LogP contribution in [-0.4, -0.2) is 74.9 Å². The minimum Gasteiger partial charge on any atom is -0.490 e. The zero-order chi connectivity index (χ0) is 27.5. The highest BCUT2D eigenvalue weighted by molar-refractivity contribution is 8.77.